The van der Waals surface area contributed by atoms with E-state index < -0.39 is 11.9 Å². The number of benzene rings is 2. The molecule has 6 nitrogen and oxygen atoms in total. The first-order valence-electron chi connectivity index (χ1n) is 9.65. The van der Waals surface area contributed by atoms with Crippen molar-refractivity contribution in [2.75, 3.05) is 20.1 Å². The van der Waals surface area contributed by atoms with Crippen LogP contribution in [-0.2, 0) is 16.0 Å². The summed E-state index contributed by atoms with van der Waals surface area (Å²) in [5.74, 6) is -1.49. The van der Waals surface area contributed by atoms with Gasteiger partial charge < -0.3 is 19.8 Å². The van der Waals surface area contributed by atoms with Gasteiger partial charge in [0.25, 0.3) is 0 Å². The number of carbonyl (C=O) groups is 2. The summed E-state index contributed by atoms with van der Waals surface area (Å²) in [5, 5.41) is 16.4. The lowest BCUT2D eigenvalue weighted by molar-refractivity contribution is -0.134. The number of hydrogen-bond acceptors (Lipinski definition) is 4. The molecule has 2 aromatic carbocycles. The predicted octanol–water partition coefficient (Wildman–Crippen LogP) is 4.12. The van der Waals surface area contributed by atoms with Gasteiger partial charge in [0, 0.05) is 36.7 Å². The first-order chi connectivity index (χ1) is 14.3. The van der Waals surface area contributed by atoms with E-state index in [1.165, 1.54) is 11.1 Å². The molecule has 0 unspecified atom stereocenters. The smallest absolute Gasteiger partial charge is 0.328 e. The van der Waals surface area contributed by atoms with Crippen molar-refractivity contribution >= 4 is 23.5 Å². The Balaban J connectivity index is 0.000000343. The SMILES string of the molecule is CN1CCC(Oc2ccccc2Cc2ccc(Cl)cc2)CC1.O=C(O)/C=C/C(=O)O. The second-order valence-electron chi connectivity index (χ2n) is 7.04. The Kier molecular flexibility index (Phi) is 9.38. The van der Waals surface area contributed by atoms with Crippen LogP contribution in [0.15, 0.2) is 60.7 Å². The van der Waals surface area contributed by atoms with Crippen LogP contribution in [0.3, 0.4) is 0 Å². The maximum Gasteiger partial charge on any atom is 0.328 e. The molecule has 7 heteroatoms. The number of rotatable bonds is 6. The number of ether oxygens (including phenoxy) is 1. The largest absolute Gasteiger partial charge is 0.490 e. The van der Waals surface area contributed by atoms with Crippen molar-refractivity contribution in [2.24, 2.45) is 0 Å². The summed E-state index contributed by atoms with van der Waals surface area (Å²) in [6.45, 7) is 2.23. The maximum atomic E-state index is 9.55. The van der Waals surface area contributed by atoms with Crippen LogP contribution in [0.25, 0.3) is 0 Å². The summed E-state index contributed by atoms with van der Waals surface area (Å²) in [4.78, 5) is 21.5. The second kappa shape index (κ2) is 12.0. The Hall–Kier alpha value is -2.83. The van der Waals surface area contributed by atoms with E-state index in [2.05, 4.69) is 48.3 Å². The number of halogens is 1. The van der Waals surface area contributed by atoms with Crippen LogP contribution in [-0.4, -0.2) is 53.3 Å². The van der Waals surface area contributed by atoms with Crippen molar-refractivity contribution in [3.63, 3.8) is 0 Å². The van der Waals surface area contributed by atoms with Gasteiger partial charge in [-0.15, -0.1) is 0 Å². The van der Waals surface area contributed by atoms with Gasteiger partial charge in [-0.3, -0.25) is 0 Å². The zero-order valence-corrected chi connectivity index (χ0v) is 17.6. The van der Waals surface area contributed by atoms with E-state index in [9.17, 15) is 9.59 Å². The van der Waals surface area contributed by atoms with Gasteiger partial charge in [0.15, 0.2) is 0 Å². The third-order valence-electron chi connectivity index (χ3n) is 4.61. The van der Waals surface area contributed by atoms with Crippen LogP contribution in [0.5, 0.6) is 5.75 Å². The normalized spacial score (nSPS) is 14.7. The molecule has 0 saturated carbocycles. The van der Waals surface area contributed by atoms with Gasteiger partial charge in [0.05, 0.1) is 0 Å². The van der Waals surface area contributed by atoms with E-state index in [-0.39, 0.29) is 0 Å². The molecule has 0 radical (unpaired) electrons. The van der Waals surface area contributed by atoms with Gasteiger partial charge >= 0.3 is 11.9 Å². The van der Waals surface area contributed by atoms with E-state index in [0.717, 1.165) is 43.1 Å². The van der Waals surface area contributed by atoms with E-state index in [1.807, 2.05) is 12.1 Å². The van der Waals surface area contributed by atoms with Crippen LogP contribution >= 0.6 is 11.6 Å². The predicted molar refractivity (Wildman–Crippen MR) is 116 cm³/mol. The zero-order chi connectivity index (χ0) is 21.9. The summed E-state index contributed by atoms with van der Waals surface area (Å²) in [7, 11) is 2.17. The monoisotopic (exact) mass is 431 g/mol. The van der Waals surface area contributed by atoms with Crippen LogP contribution in [0, 0.1) is 0 Å². The van der Waals surface area contributed by atoms with Gasteiger partial charge in [0.2, 0.25) is 0 Å². The number of para-hydroxylation sites is 1. The minimum absolute atomic E-state index is 0.336. The molecule has 0 bridgehead atoms. The Labute approximate surface area is 181 Å². The quantitative estimate of drug-likeness (QED) is 0.669. The second-order valence-corrected chi connectivity index (χ2v) is 7.48. The van der Waals surface area contributed by atoms with Crippen LogP contribution in [0.1, 0.15) is 24.0 Å². The summed E-state index contributed by atoms with van der Waals surface area (Å²) < 4.78 is 6.28. The van der Waals surface area contributed by atoms with Crippen LogP contribution in [0.4, 0.5) is 0 Å². The number of hydrogen-bond donors (Lipinski definition) is 2. The molecule has 0 aliphatic carbocycles. The fraction of sp³-hybridized carbons (Fsp3) is 0.304. The highest BCUT2D eigenvalue weighted by Gasteiger charge is 2.19. The average Bonchev–Trinajstić information content (AvgIpc) is 2.72. The molecule has 1 heterocycles. The Morgan fingerprint density at radius 1 is 1.03 bits per heavy atom. The fourth-order valence-electron chi connectivity index (χ4n) is 3.01. The van der Waals surface area contributed by atoms with Crippen LogP contribution < -0.4 is 4.74 Å². The summed E-state index contributed by atoms with van der Waals surface area (Å²) in [6, 6.07) is 16.4. The minimum atomic E-state index is -1.26. The number of nitrogens with zero attached hydrogens (tertiary/aromatic N) is 1. The van der Waals surface area contributed by atoms with Crippen molar-refractivity contribution in [1.82, 2.24) is 4.90 Å². The number of carboxylic acids is 2. The Bertz CT molecular complexity index is 842. The average molecular weight is 432 g/mol. The molecule has 0 aromatic heterocycles. The lowest BCUT2D eigenvalue weighted by Gasteiger charge is -2.30. The molecule has 1 aliphatic heterocycles. The molecule has 0 atom stereocenters. The fourth-order valence-corrected chi connectivity index (χ4v) is 3.14. The van der Waals surface area contributed by atoms with E-state index in [4.69, 9.17) is 26.6 Å². The first kappa shape index (κ1) is 23.4. The standard InChI is InChI=1S/C19H22ClNO.C4H4O4/c1-21-12-10-18(11-13-21)22-19-5-3-2-4-16(19)14-15-6-8-17(20)9-7-15;5-3(6)1-2-4(7)8/h2-9,18H,10-14H2,1H3;1-2H,(H,5,6)(H,7,8)/b;2-1+. The van der Waals surface area contributed by atoms with Gasteiger partial charge in [-0.1, -0.05) is 41.9 Å². The maximum absolute atomic E-state index is 9.55. The third-order valence-corrected chi connectivity index (χ3v) is 4.86. The van der Waals surface area contributed by atoms with Gasteiger partial charge in [-0.2, -0.15) is 0 Å². The molecule has 30 heavy (non-hydrogen) atoms. The van der Waals surface area contributed by atoms with Crippen molar-refractivity contribution in [3.8, 4) is 5.75 Å². The number of likely N-dealkylation sites (tertiary alicyclic amines) is 1. The van der Waals surface area contributed by atoms with Gasteiger partial charge in [-0.25, -0.2) is 9.59 Å². The first-order valence-corrected chi connectivity index (χ1v) is 10.0. The van der Waals surface area contributed by atoms with Crippen molar-refractivity contribution in [3.05, 3.63) is 76.8 Å². The summed E-state index contributed by atoms with van der Waals surface area (Å²) in [6.07, 6.45) is 4.53. The zero-order valence-electron chi connectivity index (χ0n) is 16.8. The highest BCUT2D eigenvalue weighted by molar-refractivity contribution is 6.30. The molecule has 2 aromatic rings. The number of aliphatic carboxylic acids is 2. The molecule has 160 valence electrons. The number of carboxylic acid groups (broad SMARTS) is 2. The summed E-state index contributed by atoms with van der Waals surface area (Å²) in [5.41, 5.74) is 2.49. The van der Waals surface area contributed by atoms with E-state index >= 15 is 0 Å². The van der Waals surface area contributed by atoms with Crippen LogP contribution in [0.2, 0.25) is 5.02 Å². The lowest BCUT2D eigenvalue weighted by Crippen LogP contribution is -2.35. The Morgan fingerprint density at radius 2 is 1.60 bits per heavy atom. The molecule has 1 fully saturated rings. The van der Waals surface area contributed by atoms with Gasteiger partial charge in [0.1, 0.15) is 11.9 Å². The molecule has 0 spiro atoms. The number of piperidine rings is 1. The Morgan fingerprint density at radius 3 is 2.17 bits per heavy atom. The lowest BCUT2D eigenvalue weighted by atomic mass is 10.0. The highest BCUT2D eigenvalue weighted by atomic mass is 35.5. The van der Waals surface area contributed by atoms with E-state index in [1.54, 1.807) is 0 Å². The molecule has 0 amide bonds. The molecule has 1 aliphatic rings. The van der Waals surface area contributed by atoms with Crippen molar-refractivity contribution in [1.29, 1.82) is 0 Å². The molecular weight excluding hydrogens is 406 g/mol. The third kappa shape index (κ3) is 8.68. The molecule has 1 saturated heterocycles. The minimum Gasteiger partial charge on any atom is -0.490 e. The molecular formula is C23H26ClNO5. The van der Waals surface area contributed by atoms with Crippen molar-refractivity contribution in [2.45, 2.75) is 25.4 Å². The highest BCUT2D eigenvalue weighted by Crippen LogP contribution is 2.25. The van der Waals surface area contributed by atoms with Gasteiger partial charge in [-0.05, 0) is 49.2 Å². The summed E-state index contributed by atoms with van der Waals surface area (Å²) >= 11 is 5.96. The van der Waals surface area contributed by atoms with E-state index in [0.29, 0.717) is 18.3 Å². The van der Waals surface area contributed by atoms with Crippen molar-refractivity contribution < 1.29 is 24.5 Å². The molecule has 2 N–H and O–H groups in total. The topological polar surface area (TPSA) is 87.1 Å². The molecule has 3 rings (SSSR count).